The molecule has 0 bridgehead atoms. The molecule has 0 unspecified atom stereocenters. The second-order valence-corrected chi connectivity index (χ2v) is 4.37. The van der Waals surface area contributed by atoms with Gasteiger partial charge in [0.25, 0.3) is 5.56 Å². The summed E-state index contributed by atoms with van der Waals surface area (Å²) in [6.45, 7) is 0.955. The molecule has 0 atom stereocenters. The van der Waals surface area contributed by atoms with Crippen LogP contribution >= 0.6 is 12.2 Å². The van der Waals surface area contributed by atoms with Crippen molar-refractivity contribution in [2.45, 2.75) is 6.54 Å². The first kappa shape index (κ1) is 13.5. The normalized spacial score (nSPS) is 10.6. The molecule has 0 aliphatic carbocycles. The third-order valence-electron chi connectivity index (χ3n) is 2.73. The number of aromatic hydroxyl groups is 1. The average Bonchev–Trinajstić information content (AvgIpc) is 2.37. The highest BCUT2D eigenvalue weighted by molar-refractivity contribution is 7.71. The van der Waals surface area contributed by atoms with Gasteiger partial charge in [-0.25, -0.2) is 0 Å². The summed E-state index contributed by atoms with van der Waals surface area (Å²) in [7, 11) is 1.59. The second-order valence-electron chi connectivity index (χ2n) is 3.99. The molecule has 0 saturated carbocycles. The maximum absolute atomic E-state index is 11.6. The lowest BCUT2D eigenvalue weighted by atomic mass is 10.1. The molecule has 1 heterocycles. The molecule has 5 nitrogen and oxygen atoms in total. The highest BCUT2D eigenvalue weighted by Gasteiger charge is 2.10. The van der Waals surface area contributed by atoms with E-state index in [4.69, 9.17) is 17.0 Å². The van der Waals surface area contributed by atoms with E-state index in [9.17, 15) is 9.90 Å². The van der Waals surface area contributed by atoms with Gasteiger partial charge in [-0.05, 0) is 24.4 Å². The van der Waals surface area contributed by atoms with Crippen LogP contribution in [0.25, 0.3) is 11.3 Å². The summed E-state index contributed by atoms with van der Waals surface area (Å²) in [5.41, 5.74) is 0.844. The fraction of sp³-hybridized carbons (Fsp3) is 0.231. The Kier molecular flexibility index (Phi) is 4.13. The van der Waals surface area contributed by atoms with Crippen molar-refractivity contribution in [2.75, 3.05) is 13.7 Å². The first-order valence-electron chi connectivity index (χ1n) is 5.75. The van der Waals surface area contributed by atoms with Crippen molar-refractivity contribution in [2.24, 2.45) is 0 Å². The Hall–Kier alpha value is -1.92. The van der Waals surface area contributed by atoms with Crippen molar-refractivity contribution in [1.82, 2.24) is 9.55 Å². The molecule has 1 aromatic carbocycles. The number of hydrogen-bond donors (Lipinski definition) is 2. The second kappa shape index (κ2) is 5.81. The topological polar surface area (TPSA) is 67.2 Å². The molecule has 2 aromatic rings. The van der Waals surface area contributed by atoms with Gasteiger partial charge in [-0.15, -0.1) is 0 Å². The molecule has 6 heteroatoms. The van der Waals surface area contributed by atoms with Crippen LogP contribution in [0.4, 0.5) is 0 Å². The SMILES string of the molecule is COCCn1c(-c2ccccc2O)cc(=O)[nH]c1=S. The number of para-hydroxylation sites is 1. The number of aromatic amines is 1. The van der Waals surface area contributed by atoms with E-state index in [1.165, 1.54) is 6.07 Å². The number of hydrogen-bond acceptors (Lipinski definition) is 4. The van der Waals surface area contributed by atoms with Gasteiger partial charge >= 0.3 is 0 Å². The van der Waals surface area contributed by atoms with Crippen LogP contribution < -0.4 is 5.56 Å². The predicted octanol–water partition coefficient (Wildman–Crippen LogP) is 1.92. The van der Waals surface area contributed by atoms with Crippen molar-refractivity contribution < 1.29 is 9.84 Å². The Balaban J connectivity index is 2.64. The van der Waals surface area contributed by atoms with Crippen LogP contribution in [0.15, 0.2) is 35.1 Å². The molecule has 0 amide bonds. The van der Waals surface area contributed by atoms with Gasteiger partial charge in [-0.2, -0.15) is 0 Å². The van der Waals surface area contributed by atoms with Crippen molar-refractivity contribution in [3.8, 4) is 17.0 Å². The van der Waals surface area contributed by atoms with Gasteiger partial charge in [0.1, 0.15) is 5.75 Å². The van der Waals surface area contributed by atoms with Gasteiger partial charge in [-0.3, -0.25) is 9.78 Å². The van der Waals surface area contributed by atoms with E-state index in [-0.39, 0.29) is 11.3 Å². The Morgan fingerprint density at radius 1 is 1.42 bits per heavy atom. The highest BCUT2D eigenvalue weighted by Crippen LogP contribution is 2.27. The smallest absolute Gasteiger partial charge is 0.252 e. The fourth-order valence-corrected chi connectivity index (χ4v) is 2.13. The number of nitrogens with one attached hydrogen (secondary N) is 1. The fourth-order valence-electron chi connectivity index (χ4n) is 1.84. The molecule has 0 aliphatic heterocycles. The monoisotopic (exact) mass is 278 g/mol. The zero-order valence-electron chi connectivity index (χ0n) is 10.4. The molecule has 2 N–H and O–H groups in total. The van der Waals surface area contributed by atoms with Crippen LogP contribution in [0.1, 0.15) is 0 Å². The minimum Gasteiger partial charge on any atom is -0.507 e. The maximum atomic E-state index is 11.6. The number of benzene rings is 1. The van der Waals surface area contributed by atoms with Crippen molar-refractivity contribution in [3.63, 3.8) is 0 Å². The van der Waals surface area contributed by atoms with Crippen LogP contribution in [0, 0.1) is 4.77 Å². The average molecular weight is 278 g/mol. The molecule has 0 saturated heterocycles. The van der Waals surface area contributed by atoms with Crippen molar-refractivity contribution in [1.29, 1.82) is 0 Å². The van der Waals surface area contributed by atoms with Gasteiger partial charge in [0.05, 0.1) is 12.3 Å². The number of nitrogens with zero attached hydrogens (tertiary/aromatic N) is 1. The maximum Gasteiger partial charge on any atom is 0.252 e. The summed E-state index contributed by atoms with van der Waals surface area (Å²) in [4.78, 5) is 14.1. The highest BCUT2D eigenvalue weighted by atomic mass is 32.1. The predicted molar refractivity (Wildman–Crippen MR) is 74.9 cm³/mol. The van der Waals surface area contributed by atoms with E-state index in [2.05, 4.69) is 4.98 Å². The van der Waals surface area contributed by atoms with Gasteiger partial charge in [0, 0.05) is 25.3 Å². The summed E-state index contributed by atoms with van der Waals surface area (Å²) in [6, 6.07) is 8.24. The number of ether oxygens (including phenoxy) is 1. The summed E-state index contributed by atoms with van der Waals surface area (Å²) < 4.78 is 7.07. The molecule has 0 radical (unpaired) electrons. The molecule has 1 aromatic heterocycles. The zero-order chi connectivity index (χ0) is 13.8. The number of aromatic nitrogens is 2. The quantitative estimate of drug-likeness (QED) is 0.839. The van der Waals surface area contributed by atoms with Crippen LogP contribution in [0.3, 0.4) is 0 Å². The summed E-state index contributed by atoms with van der Waals surface area (Å²) in [5.74, 6) is 0.105. The van der Waals surface area contributed by atoms with Crippen molar-refractivity contribution >= 4 is 12.2 Å². The van der Waals surface area contributed by atoms with E-state index in [0.717, 1.165) is 0 Å². The van der Waals surface area contributed by atoms with E-state index in [1.807, 2.05) is 0 Å². The van der Waals surface area contributed by atoms with Crippen LogP contribution in [-0.2, 0) is 11.3 Å². The van der Waals surface area contributed by atoms with E-state index >= 15 is 0 Å². The number of phenols is 1. The molecule has 19 heavy (non-hydrogen) atoms. The van der Waals surface area contributed by atoms with E-state index in [0.29, 0.717) is 29.2 Å². The number of H-pyrrole nitrogens is 1. The van der Waals surface area contributed by atoms with Crippen LogP contribution in [0.5, 0.6) is 5.75 Å². The molecule has 2 rings (SSSR count). The molecule has 0 fully saturated rings. The summed E-state index contributed by atoms with van der Waals surface area (Å²) in [5, 5.41) is 9.90. The number of rotatable bonds is 4. The first-order chi connectivity index (χ1) is 9.13. The molecule has 100 valence electrons. The lowest BCUT2D eigenvalue weighted by Gasteiger charge is -2.14. The molecular weight excluding hydrogens is 264 g/mol. The van der Waals surface area contributed by atoms with E-state index in [1.54, 1.807) is 35.9 Å². The van der Waals surface area contributed by atoms with Gasteiger partial charge in [0.15, 0.2) is 4.77 Å². The lowest BCUT2D eigenvalue weighted by molar-refractivity contribution is 0.186. The van der Waals surface area contributed by atoms with E-state index < -0.39 is 0 Å². The van der Waals surface area contributed by atoms with Gasteiger partial charge in [0.2, 0.25) is 0 Å². The largest absolute Gasteiger partial charge is 0.507 e. The Bertz CT molecular complexity index is 691. The van der Waals surface area contributed by atoms with Gasteiger partial charge in [-0.1, -0.05) is 12.1 Å². The van der Waals surface area contributed by atoms with Crippen molar-refractivity contribution in [3.05, 3.63) is 45.5 Å². The Morgan fingerprint density at radius 3 is 2.84 bits per heavy atom. The lowest BCUT2D eigenvalue weighted by Crippen LogP contribution is -2.16. The van der Waals surface area contributed by atoms with Gasteiger partial charge < -0.3 is 14.4 Å². The Labute approximate surface area is 115 Å². The summed E-state index contributed by atoms with van der Waals surface area (Å²) >= 11 is 5.15. The zero-order valence-corrected chi connectivity index (χ0v) is 11.2. The van der Waals surface area contributed by atoms with Crippen LogP contribution in [-0.4, -0.2) is 28.4 Å². The van der Waals surface area contributed by atoms with Crippen LogP contribution in [0.2, 0.25) is 0 Å². The minimum atomic E-state index is -0.295. The number of phenolic OH excluding ortho intramolecular Hbond substituents is 1. The molecule has 0 spiro atoms. The number of methoxy groups -OCH3 is 1. The standard InChI is InChI=1S/C13H14N2O3S/c1-18-7-6-15-10(8-12(17)14-13(15)19)9-4-2-3-5-11(9)16/h2-5,8,16H,6-7H2,1H3,(H,14,17,19). The minimum absolute atomic E-state index is 0.105. The Morgan fingerprint density at radius 2 is 2.16 bits per heavy atom. The molecule has 0 aliphatic rings. The summed E-state index contributed by atoms with van der Waals surface area (Å²) in [6.07, 6.45) is 0. The third-order valence-corrected chi connectivity index (χ3v) is 3.06. The molecular formula is C13H14N2O3S. The first-order valence-corrected chi connectivity index (χ1v) is 6.16. The third kappa shape index (κ3) is 2.91.